The number of thioether (sulfide) groups is 2. The number of nitrogens with zero attached hydrogens (tertiary/aromatic N) is 2. The number of rotatable bonds is 22. The van der Waals surface area contributed by atoms with E-state index in [1.807, 2.05) is 0 Å². The Morgan fingerprint density at radius 1 is 0.463 bits per heavy atom. The maximum Gasteiger partial charge on any atom is 0.305 e. The molecule has 3 saturated heterocycles. The number of carboxylic acid groups (broad SMARTS) is 4. The van der Waals surface area contributed by atoms with Crippen molar-refractivity contribution in [1.82, 2.24) is 73.6 Å². The first kappa shape index (κ1) is 109. The van der Waals surface area contributed by atoms with E-state index in [1.165, 1.54) is 76.2 Å². The number of carbonyl (C=O) groups excluding carboxylic acids is 18. The van der Waals surface area contributed by atoms with Gasteiger partial charge in [-0.25, -0.2) is 0 Å². The van der Waals surface area contributed by atoms with Gasteiger partial charge in [0.05, 0.1) is 73.8 Å². The molecule has 3 fully saturated rings. The lowest BCUT2D eigenvalue weighted by molar-refractivity contribution is -0.142. The van der Waals surface area contributed by atoms with Gasteiger partial charge in [-0.1, -0.05) is 106 Å². The molecule has 0 saturated carbocycles. The molecule has 3 heterocycles. The fourth-order valence-electron chi connectivity index (χ4n) is 15.0. The number of ketones is 3. The zero-order valence-corrected chi connectivity index (χ0v) is 77.2. The van der Waals surface area contributed by atoms with Gasteiger partial charge in [-0.15, -0.1) is 0 Å². The number of phenolic OH excluding ortho intramolecular Hbond substituents is 1. The van der Waals surface area contributed by atoms with Gasteiger partial charge in [-0.05, 0) is 85.0 Å². The minimum atomic E-state index is -2.70. The number of aromatic hydroxyl groups is 1. The first-order chi connectivity index (χ1) is 64.0. The molecule has 0 radical (unpaired) electrons. The van der Waals surface area contributed by atoms with Gasteiger partial charge in [-0.3, -0.25) is 111 Å². The number of primary amides is 2. The van der Waals surface area contributed by atoms with Gasteiger partial charge in [0.25, 0.3) is 0 Å². The van der Waals surface area contributed by atoms with E-state index in [4.69, 9.17) is 17.2 Å². The van der Waals surface area contributed by atoms with Gasteiger partial charge in [0.15, 0.2) is 17.3 Å². The van der Waals surface area contributed by atoms with Crippen LogP contribution in [0.5, 0.6) is 5.75 Å². The SMILES string of the molecule is C[C@H](N)C(=O)C[C@H]1CSCC(=O)N2CCN3CC(O)(C2)NC[C@H](NC(=O)[C@@H](C)NC(=O)[C@H](Cc2cccc4ccccc24)CC(=O)[C@H](CCC(=O)O)NC(=O)[C@H](CC(N)=O)NC(=O)[C@@H](C)NC1=O)C(=O)N[C@@H](CCC(=O)O)C(=O)N[C@@H](CC(=O)O)C(=O)N[C@@H](Cc1ccccc1)C(=O)N[C@@H](Cc1ccc(O)cc1)C(=O)N[C@@H](CC(=O)O)C(=O)N[C@@H](C(C)(C)C)C(=O)C[C@H](C(N)=O)CSCC3=O. The van der Waals surface area contributed by atoms with Crippen LogP contribution in [-0.2, 0) is 125 Å². The Bertz CT molecular complexity index is 5120. The van der Waals surface area contributed by atoms with E-state index in [2.05, 4.69) is 63.8 Å². The van der Waals surface area contributed by atoms with Crippen LogP contribution >= 0.6 is 23.5 Å². The first-order valence-electron chi connectivity index (χ1n) is 43.6. The lowest BCUT2D eigenvalue weighted by Gasteiger charge is -2.35. The molecule has 4 aromatic carbocycles. The molecule has 24 N–H and O–H groups in total. The third-order valence-corrected chi connectivity index (χ3v) is 24.7. The molecule has 0 aliphatic carbocycles. The number of fused-ring (bicyclic) bond motifs is 5. The number of aliphatic carboxylic acids is 4. The van der Waals surface area contributed by atoms with Crippen LogP contribution in [-0.4, -0.2) is 304 Å². The van der Waals surface area contributed by atoms with Crippen LogP contribution in [0.3, 0.4) is 0 Å². The van der Waals surface area contributed by atoms with Crippen molar-refractivity contribution in [2.75, 3.05) is 55.7 Å². The Hall–Kier alpha value is -13.5. The maximum atomic E-state index is 15.5. The molecule has 4 bridgehead atoms. The van der Waals surface area contributed by atoms with Crippen molar-refractivity contribution in [2.24, 2.45) is 40.4 Å². The summed E-state index contributed by atoms with van der Waals surface area (Å²) in [6, 6.07) is 1.68. The molecule has 47 heteroatoms. The van der Waals surface area contributed by atoms with Crippen LogP contribution in [0.1, 0.15) is 122 Å². The third-order valence-electron chi connectivity index (χ3n) is 22.5. The molecule has 16 atom stereocenters. The molecule has 738 valence electrons. The predicted octanol–water partition coefficient (Wildman–Crippen LogP) is -4.45. The van der Waals surface area contributed by atoms with Crippen molar-refractivity contribution in [2.45, 2.75) is 203 Å². The van der Waals surface area contributed by atoms with Gasteiger partial charge in [0.1, 0.15) is 65.9 Å². The molecule has 45 nitrogen and oxygen atoms in total. The zero-order chi connectivity index (χ0) is 101. The van der Waals surface area contributed by atoms with E-state index >= 15 is 24.0 Å². The molecule has 0 aromatic heterocycles. The maximum absolute atomic E-state index is 15.5. The first-order valence-corrected chi connectivity index (χ1v) is 45.9. The van der Waals surface area contributed by atoms with Crippen LogP contribution < -0.4 is 81.0 Å². The third kappa shape index (κ3) is 34.7. The number of carbonyl (C=O) groups is 22. The summed E-state index contributed by atoms with van der Waals surface area (Å²) in [5, 5.41) is 94.2. The number of hydrogen-bond acceptors (Lipinski definition) is 28. The molecule has 136 heavy (non-hydrogen) atoms. The summed E-state index contributed by atoms with van der Waals surface area (Å²) in [6.45, 7) is 4.27. The Labute approximate surface area is 788 Å². The highest BCUT2D eigenvalue weighted by atomic mass is 32.2. The zero-order valence-electron chi connectivity index (χ0n) is 75.6. The fraction of sp³-hybridized carbons (Fsp3) is 0.506. The van der Waals surface area contributed by atoms with E-state index in [0.29, 0.717) is 16.3 Å². The minimum absolute atomic E-state index is 0.208. The highest BCUT2D eigenvalue weighted by Gasteiger charge is 2.45. The summed E-state index contributed by atoms with van der Waals surface area (Å²) >= 11 is 1.47. The van der Waals surface area contributed by atoms with Crippen molar-refractivity contribution in [3.05, 3.63) is 114 Å². The predicted molar refractivity (Wildman–Crippen MR) is 487 cm³/mol. The standard InChI is InChI=1S/C89H117N17O28S2/c1-45(90)65(108)34-54-40-136-42-70(113)106-28-27-105-43-89(134,44-106)93-38-64(103-78(124)47(3)94-79(125)52(31-51-17-12-16-50-15-10-11-18-56(50)51)32-66(109)57(23-25-71(114)115)96-84(130)61(35-68(91)111)98-77(123)46(2)95-80(54)126)87(133)97-58(24-26-72(116)117)81(127)101-62(36-73(118)119)85(131)100-59(29-48-13-8-7-9-14-48)82(128)99-60(30-49-19-21-55(107)22-20-49)83(129)102-63(37-74(120)121)86(132)104-75(88(4,5)6)67(110)33-53(76(92)122)39-135-41-69(105)112/h7-22,45-47,52-54,57-64,75,93,107,134H,23-44,90H2,1-6H3,(H2,91,111)(H2,92,122)(H,94,125)(H,95,126)(H,96,130)(H,97,133)(H,98,123)(H,99,128)(H,100,131)(H,101,127)(H,102,129)(H,103,124)(H,104,132)(H,114,115)(H,116,117)(H,118,119)(H,120,121)/t45-,46+,47+,52+,53-,54-,57-,58-,59-,60-,61-,62-,63-,64-,75+,89?/m0/s1. The van der Waals surface area contributed by atoms with Gasteiger partial charge in [-0.2, -0.15) is 23.5 Å². The minimum Gasteiger partial charge on any atom is -0.508 e. The summed E-state index contributed by atoms with van der Waals surface area (Å²) in [4.78, 5) is 315. The number of nitrogens with one attached hydrogen (secondary N) is 12. The van der Waals surface area contributed by atoms with Crippen molar-refractivity contribution >= 4 is 164 Å². The van der Waals surface area contributed by atoms with E-state index < -0.39 is 364 Å². The van der Waals surface area contributed by atoms with Crippen LogP contribution in [0, 0.1) is 23.2 Å². The summed E-state index contributed by atoms with van der Waals surface area (Å²) in [7, 11) is 0. The molecule has 4 aromatic rings. The van der Waals surface area contributed by atoms with Gasteiger partial charge >= 0.3 is 23.9 Å². The summed E-state index contributed by atoms with van der Waals surface area (Å²) < 4.78 is 0. The summed E-state index contributed by atoms with van der Waals surface area (Å²) in [5.41, 5.74) is 14.4. The van der Waals surface area contributed by atoms with Crippen LogP contribution in [0.25, 0.3) is 10.8 Å². The number of benzene rings is 4. The number of hydrogen-bond donors (Lipinski definition) is 21. The smallest absolute Gasteiger partial charge is 0.305 e. The lowest BCUT2D eigenvalue weighted by Crippen LogP contribution is -2.65. The monoisotopic (exact) mass is 1940 g/mol. The van der Waals surface area contributed by atoms with Crippen molar-refractivity contribution in [1.29, 1.82) is 0 Å². The highest BCUT2D eigenvalue weighted by Crippen LogP contribution is 2.28. The molecule has 0 spiro atoms. The Balaban J connectivity index is 1.41. The molecule has 1 unspecified atom stereocenters. The number of amides is 15. The average Bonchev–Trinajstić information content (AvgIpc) is 1.43. The Morgan fingerprint density at radius 3 is 1.43 bits per heavy atom. The van der Waals surface area contributed by atoms with Crippen molar-refractivity contribution in [3.8, 4) is 5.75 Å². The molecular weight excluding hydrogens is 1820 g/mol. The Kier molecular flexibility index (Phi) is 41.2. The second kappa shape index (κ2) is 51.2. The molecule has 3 aliphatic rings. The number of carboxylic acids is 4. The normalized spacial score (nSPS) is 25.8. The van der Waals surface area contributed by atoms with Crippen molar-refractivity contribution in [3.63, 3.8) is 0 Å². The number of nitrogens with two attached hydrogens (primary N) is 3. The quantitative estimate of drug-likeness (QED) is 0.0353. The number of aliphatic hydroxyl groups is 1. The molecule has 3 aliphatic heterocycles. The second-order valence-corrected chi connectivity index (χ2v) is 36.8. The highest BCUT2D eigenvalue weighted by molar-refractivity contribution is 8.00. The van der Waals surface area contributed by atoms with Gasteiger partial charge in [0.2, 0.25) is 88.6 Å². The number of phenols is 1. The van der Waals surface area contributed by atoms with Crippen molar-refractivity contribution < 1.29 is 136 Å². The fourth-order valence-corrected chi connectivity index (χ4v) is 17.1. The van der Waals surface area contributed by atoms with Crippen LogP contribution in [0.4, 0.5) is 0 Å². The second-order valence-electron chi connectivity index (χ2n) is 34.8. The van der Waals surface area contributed by atoms with E-state index in [0.717, 1.165) is 47.2 Å². The van der Waals surface area contributed by atoms with E-state index in [-0.39, 0.29) is 23.3 Å². The largest absolute Gasteiger partial charge is 0.508 e. The van der Waals surface area contributed by atoms with Gasteiger partial charge in [0, 0.05) is 82.0 Å². The average molecular weight is 1940 g/mol. The Morgan fingerprint density at radius 2 is 0.912 bits per heavy atom. The summed E-state index contributed by atoms with van der Waals surface area (Å²) in [6.07, 6.45) is -10.6. The molecule has 15 amide bonds. The van der Waals surface area contributed by atoms with E-state index in [9.17, 15) is 112 Å². The lowest BCUT2D eigenvalue weighted by atomic mass is 9.81. The topological polar surface area (TPSA) is 726 Å². The van der Waals surface area contributed by atoms with Gasteiger partial charge < -0.3 is 116 Å². The number of Topliss-reactive ketones (excluding diaryl/α,β-unsaturated/α-hetero) is 3. The van der Waals surface area contributed by atoms with Crippen LogP contribution in [0.2, 0.25) is 0 Å². The molecule has 7 rings (SSSR count). The molecular formula is C89H117N17O28S2. The van der Waals surface area contributed by atoms with E-state index in [1.54, 1.807) is 48.5 Å². The van der Waals surface area contributed by atoms with Crippen LogP contribution in [0.15, 0.2) is 97.1 Å². The summed E-state index contributed by atoms with van der Waals surface area (Å²) in [5.74, 6) is -34.2.